The molecule has 8 aromatic rings. The van der Waals surface area contributed by atoms with Crippen LogP contribution >= 0.6 is 0 Å². The van der Waals surface area contributed by atoms with Crippen LogP contribution in [0.2, 0.25) is 0 Å². The second-order valence-electron chi connectivity index (χ2n) is 10.5. The molecular weight excluding hydrogens is 480 g/mol. The van der Waals surface area contributed by atoms with Crippen LogP contribution in [0.4, 0.5) is 0 Å². The van der Waals surface area contributed by atoms with Crippen LogP contribution in [0.15, 0.2) is 158 Å². The van der Waals surface area contributed by atoms with Crippen LogP contribution in [0.1, 0.15) is 0 Å². The summed E-state index contributed by atoms with van der Waals surface area (Å²) in [5, 5.41) is 10.2. The average Bonchev–Trinajstić information content (AvgIpc) is 3.03. The van der Waals surface area contributed by atoms with Gasteiger partial charge in [0.1, 0.15) is 0 Å². The van der Waals surface area contributed by atoms with E-state index in [2.05, 4.69) is 158 Å². The molecular formula is C40H26. The molecule has 0 aliphatic heterocycles. The second kappa shape index (κ2) is 9.22. The quantitative estimate of drug-likeness (QED) is 0.209. The Hall–Kier alpha value is -5.20. The molecule has 0 aromatic heterocycles. The van der Waals surface area contributed by atoms with Crippen molar-refractivity contribution in [2.24, 2.45) is 0 Å². The van der Waals surface area contributed by atoms with Gasteiger partial charge in [-0.05, 0) is 94.7 Å². The fourth-order valence-electron chi connectivity index (χ4n) is 6.39. The third-order valence-corrected chi connectivity index (χ3v) is 8.21. The van der Waals surface area contributed by atoms with Gasteiger partial charge in [0.15, 0.2) is 0 Å². The fraction of sp³-hybridized carbons (Fsp3) is 0. The molecule has 0 heterocycles. The summed E-state index contributed by atoms with van der Waals surface area (Å²) < 4.78 is 0. The van der Waals surface area contributed by atoms with E-state index in [-0.39, 0.29) is 0 Å². The summed E-state index contributed by atoms with van der Waals surface area (Å²) in [7, 11) is 0. The van der Waals surface area contributed by atoms with Gasteiger partial charge < -0.3 is 0 Å². The van der Waals surface area contributed by atoms with Crippen LogP contribution in [-0.4, -0.2) is 0 Å². The van der Waals surface area contributed by atoms with E-state index in [9.17, 15) is 0 Å². The van der Waals surface area contributed by atoms with Crippen LogP contribution in [-0.2, 0) is 0 Å². The van der Waals surface area contributed by atoms with Gasteiger partial charge in [0.25, 0.3) is 0 Å². The predicted octanol–water partition coefficient (Wildman–Crippen LogP) is 11.3. The molecule has 0 saturated heterocycles. The van der Waals surface area contributed by atoms with Crippen LogP contribution in [0.3, 0.4) is 0 Å². The zero-order valence-corrected chi connectivity index (χ0v) is 22.0. The van der Waals surface area contributed by atoms with Gasteiger partial charge in [-0.2, -0.15) is 0 Å². The van der Waals surface area contributed by atoms with Gasteiger partial charge in [0, 0.05) is 0 Å². The fourth-order valence-corrected chi connectivity index (χ4v) is 6.39. The lowest BCUT2D eigenvalue weighted by molar-refractivity contribution is 1.65. The van der Waals surface area contributed by atoms with Crippen LogP contribution in [0.5, 0.6) is 0 Å². The van der Waals surface area contributed by atoms with Crippen molar-refractivity contribution >= 4 is 43.1 Å². The summed E-state index contributed by atoms with van der Waals surface area (Å²) in [6.45, 7) is 0. The Kier molecular flexibility index (Phi) is 5.24. The van der Waals surface area contributed by atoms with Crippen molar-refractivity contribution in [2.45, 2.75) is 0 Å². The normalized spacial score (nSPS) is 11.5. The molecule has 0 radical (unpaired) electrons. The van der Waals surface area contributed by atoms with Crippen LogP contribution < -0.4 is 0 Å². The second-order valence-corrected chi connectivity index (χ2v) is 10.5. The lowest BCUT2D eigenvalue weighted by Crippen LogP contribution is -1.92. The molecule has 0 aliphatic carbocycles. The van der Waals surface area contributed by atoms with Crippen molar-refractivity contribution in [1.82, 2.24) is 0 Å². The first-order valence-electron chi connectivity index (χ1n) is 13.9. The van der Waals surface area contributed by atoms with E-state index in [0.717, 1.165) is 0 Å². The Morgan fingerprint density at radius 3 is 1.48 bits per heavy atom. The van der Waals surface area contributed by atoms with Crippen molar-refractivity contribution in [3.05, 3.63) is 158 Å². The molecule has 0 fully saturated rings. The standard InChI is InChI=1S/C40H26/c1-3-13-28(14-4-1)39-34-19-9-10-20-35(34)40(29-15-5-2-6-16-29)38-26-36-31(25-37(38)39)18-11-21-33(36)32-23-22-27-12-7-8-17-30(27)24-32/h1-26H. The Morgan fingerprint density at radius 2 is 0.800 bits per heavy atom. The highest BCUT2D eigenvalue weighted by Gasteiger charge is 2.18. The molecule has 0 heteroatoms. The van der Waals surface area contributed by atoms with Gasteiger partial charge in [-0.25, -0.2) is 0 Å². The Labute approximate surface area is 233 Å². The van der Waals surface area contributed by atoms with E-state index < -0.39 is 0 Å². The maximum atomic E-state index is 2.44. The molecule has 186 valence electrons. The van der Waals surface area contributed by atoms with Crippen molar-refractivity contribution in [1.29, 1.82) is 0 Å². The minimum Gasteiger partial charge on any atom is -0.0622 e. The Bertz CT molecular complexity index is 2190. The van der Waals surface area contributed by atoms with E-state index in [0.29, 0.717) is 0 Å². The van der Waals surface area contributed by atoms with Gasteiger partial charge in [-0.15, -0.1) is 0 Å². The SMILES string of the molecule is c1ccc(-c2c3ccccc3c(-c3ccccc3)c3cc4c(-c5ccc6ccccc6c5)cccc4cc23)cc1. The number of benzene rings is 8. The molecule has 0 spiro atoms. The van der Waals surface area contributed by atoms with Gasteiger partial charge in [-0.3, -0.25) is 0 Å². The summed E-state index contributed by atoms with van der Waals surface area (Å²) in [4.78, 5) is 0. The monoisotopic (exact) mass is 506 g/mol. The molecule has 8 rings (SSSR count). The maximum absolute atomic E-state index is 2.44. The van der Waals surface area contributed by atoms with E-state index in [1.165, 1.54) is 76.5 Å². The summed E-state index contributed by atoms with van der Waals surface area (Å²) in [5.41, 5.74) is 7.58. The number of fused-ring (bicyclic) bond motifs is 4. The van der Waals surface area contributed by atoms with Crippen molar-refractivity contribution in [2.75, 3.05) is 0 Å². The molecule has 0 nitrogen and oxygen atoms in total. The van der Waals surface area contributed by atoms with Crippen molar-refractivity contribution < 1.29 is 0 Å². The zero-order valence-electron chi connectivity index (χ0n) is 22.0. The Balaban J connectivity index is 1.53. The summed E-state index contributed by atoms with van der Waals surface area (Å²) in [6.07, 6.45) is 0. The van der Waals surface area contributed by atoms with Crippen molar-refractivity contribution in [3.8, 4) is 33.4 Å². The van der Waals surface area contributed by atoms with Crippen LogP contribution in [0, 0.1) is 0 Å². The molecule has 0 atom stereocenters. The van der Waals surface area contributed by atoms with Gasteiger partial charge in [0.05, 0.1) is 0 Å². The van der Waals surface area contributed by atoms with Gasteiger partial charge >= 0.3 is 0 Å². The third-order valence-electron chi connectivity index (χ3n) is 8.21. The van der Waals surface area contributed by atoms with E-state index >= 15 is 0 Å². The Morgan fingerprint density at radius 1 is 0.250 bits per heavy atom. The molecule has 0 bridgehead atoms. The molecule has 40 heavy (non-hydrogen) atoms. The van der Waals surface area contributed by atoms with Crippen LogP contribution in [0.25, 0.3) is 76.5 Å². The molecule has 0 aliphatic rings. The summed E-state index contributed by atoms with van der Waals surface area (Å²) >= 11 is 0. The lowest BCUT2D eigenvalue weighted by atomic mass is 9.84. The smallest absolute Gasteiger partial charge is 0.00261 e. The zero-order chi connectivity index (χ0) is 26.5. The number of hydrogen-bond acceptors (Lipinski definition) is 0. The molecule has 0 amide bonds. The lowest BCUT2D eigenvalue weighted by Gasteiger charge is -2.19. The predicted molar refractivity (Wildman–Crippen MR) is 173 cm³/mol. The first-order valence-corrected chi connectivity index (χ1v) is 13.9. The molecule has 0 N–H and O–H groups in total. The minimum atomic E-state index is 1.24. The molecule has 0 unspecified atom stereocenters. The highest BCUT2D eigenvalue weighted by molar-refractivity contribution is 6.24. The van der Waals surface area contributed by atoms with Gasteiger partial charge in [-0.1, -0.05) is 140 Å². The maximum Gasteiger partial charge on any atom is -0.00261 e. The van der Waals surface area contributed by atoms with Gasteiger partial charge in [0.2, 0.25) is 0 Å². The highest BCUT2D eigenvalue weighted by atomic mass is 14.2. The molecule has 0 saturated carbocycles. The number of hydrogen-bond donors (Lipinski definition) is 0. The average molecular weight is 507 g/mol. The van der Waals surface area contributed by atoms with E-state index in [1.807, 2.05) is 0 Å². The van der Waals surface area contributed by atoms with E-state index in [4.69, 9.17) is 0 Å². The van der Waals surface area contributed by atoms with E-state index in [1.54, 1.807) is 0 Å². The first kappa shape index (κ1) is 22.8. The topological polar surface area (TPSA) is 0 Å². The third kappa shape index (κ3) is 3.61. The first-order chi connectivity index (χ1) is 19.8. The summed E-state index contributed by atoms with van der Waals surface area (Å²) in [6, 6.07) is 57.6. The molecule has 8 aromatic carbocycles. The largest absolute Gasteiger partial charge is 0.0622 e. The number of rotatable bonds is 3. The highest BCUT2D eigenvalue weighted by Crippen LogP contribution is 2.45. The summed E-state index contributed by atoms with van der Waals surface area (Å²) in [5.74, 6) is 0. The van der Waals surface area contributed by atoms with Crippen molar-refractivity contribution in [3.63, 3.8) is 0 Å². The minimum absolute atomic E-state index is 1.24.